The van der Waals surface area contributed by atoms with Gasteiger partial charge < -0.3 is 14.6 Å². The minimum absolute atomic E-state index is 0.349. The zero-order valence-corrected chi connectivity index (χ0v) is 23.5. The Balaban J connectivity index is 0.000000166. The summed E-state index contributed by atoms with van der Waals surface area (Å²) in [6, 6.07) is 40.3. The van der Waals surface area contributed by atoms with Gasteiger partial charge in [-0.3, -0.25) is 4.79 Å². The number of aliphatic hydroxyl groups is 1. The molecule has 0 bridgehead atoms. The van der Waals surface area contributed by atoms with Gasteiger partial charge in [0.05, 0.1) is 0 Å². The number of carbonyl (C=O) groups excluding carboxylic acids is 1. The van der Waals surface area contributed by atoms with E-state index >= 15 is 0 Å². The molecule has 0 fully saturated rings. The summed E-state index contributed by atoms with van der Waals surface area (Å²) in [5.41, 5.74) is 10.7. The number of hydrogen-bond acceptors (Lipinski definition) is 4. The van der Waals surface area contributed by atoms with Gasteiger partial charge in [-0.15, -0.1) is 0 Å². The van der Waals surface area contributed by atoms with E-state index in [1.807, 2.05) is 0 Å². The molecule has 40 heavy (non-hydrogen) atoms. The molecule has 4 heteroatoms. The maximum absolute atomic E-state index is 9.89. The molecule has 204 valence electrons. The number of ether oxygens (including phenoxy) is 2. The van der Waals surface area contributed by atoms with E-state index in [-0.39, 0.29) is 6.79 Å². The summed E-state index contributed by atoms with van der Waals surface area (Å²) in [5.74, 6) is 0.964. The topological polar surface area (TPSA) is 55.8 Å². The molecule has 0 saturated heterocycles. The average molecular weight is 533 g/mol. The summed E-state index contributed by atoms with van der Waals surface area (Å²) in [4.78, 5) is 9.89. The number of aryl methyl sites for hydroxylation is 4. The van der Waals surface area contributed by atoms with Crippen LogP contribution in [-0.4, -0.2) is 18.4 Å². The third-order valence-corrected chi connectivity index (χ3v) is 6.40. The van der Waals surface area contributed by atoms with Crippen molar-refractivity contribution in [2.75, 3.05) is 6.79 Å². The van der Waals surface area contributed by atoms with Gasteiger partial charge in [0, 0.05) is 0 Å². The van der Waals surface area contributed by atoms with Gasteiger partial charge in [0.15, 0.2) is 6.79 Å². The number of aliphatic hydroxyl groups excluding tert-OH is 1. The van der Waals surface area contributed by atoms with E-state index in [0.29, 0.717) is 18.0 Å². The molecule has 0 saturated carbocycles. The molecule has 1 N–H and O–H groups in total. The van der Waals surface area contributed by atoms with Crippen LogP contribution in [0.2, 0.25) is 0 Å². The van der Waals surface area contributed by atoms with Crippen LogP contribution in [0, 0.1) is 27.7 Å². The Kier molecular flexibility index (Phi) is 11.7. The molecule has 5 aromatic carbocycles. The van der Waals surface area contributed by atoms with Crippen LogP contribution in [-0.2, 0) is 4.79 Å². The van der Waals surface area contributed by atoms with Crippen molar-refractivity contribution in [3.05, 3.63) is 144 Å². The number of carbonyl (C=O) groups is 1. The van der Waals surface area contributed by atoms with Crippen LogP contribution in [0.5, 0.6) is 11.5 Å². The SMILES string of the molecule is Cc1ccccc1-c1ccccc1C.Cc1ccccc1-c1ccccc1C.O=COc1ccc(OCO)cc1. The summed E-state index contributed by atoms with van der Waals surface area (Å²) < 4.78 is 9.29. The molecule has 0 radical (unpaired) electrons. The fourth-order valence-electron chi connectivity index (χ4n) is 4.24. The van der Waals surface area contributed by atoms with Crippen molar-refractivity contribution in [3.63, 3.8) is 0 Å². The molecule has 0 unspecified atom stereocenters. The van der Waals surface area contributed by atoms with Crippen molar-refractivity contribution < 1.29 is 19.4 Å². The largest absolute Gasteiger partial charge is 0.468 e. The molecule has 0 aromatic heterocycles. The minimum Gasteiger partial charge on any atom is -0.468 e. The lowest BCUT2D eigenvalue weighted by Gasteiger charge is -2.08. The van der Waals surface area contributed by atoms with Gasteiger partial charge in [-0.05, 0) is 96.5 Å². The molecule has 0 amide bonds. The first-order valence-corrected chi connectivity index (χ1v) is 13.1. The molecule has 0 atom stereocenters. The second-order valence-corrected chi connectivity index (χ2v) is 9.22. The fourth-order valence-corrected chi connectivity index (χ4v) is 4.24. The lowest BCUT2D eigenvalue weighted by Crippen LogP contribution is -1.94. The van der Waals surface area contributed by atoms with Gasteiger partial charge in [-0.25, -0.2) is 0 Å². The highest BCUT2D eigenvalue weighted by Gasteiger charge is 2.03. The van der Waals surface area contributed by atoms with Crippen LogP contribution in [0.1, 0.15) is 22.3 Å². The standard InChI is InChI=1S/2C14H14.C8H8O4/c2*1-11-7-3-5-9-13(11)14-10-6-4-8-12(14)2;9-5-11-7-1-2-8(4-3-7)12-6-10/h2*3-10H,1-2H3;1-5,10H,6H2. The fraction of sp³-hybridized carbons (Fsp3) is 0.139. The number of benzene rings is 5. The van der Waals surface area contributed by atoms with Crippen molar-refractivity contribution in [3.8, 4) is 33.8 Å². The van der Waals surface area contributed by atoms with Crippen LogP contribution in [0.4, 0.5) is 0 Å². The molecular formula is C36H36O4. The van der Waals surface area contributed by atoms with E-state index < -0.39 is 0 Å². The van der Waals surface area contributed by atoms with Crippen LogP contribution in [0.25, 0.3) is 22.3 Å². The van der Waals surface area contributed by atoms with E-state index in [0.717, 1.165) is 0 Å². The van der Waals surface area contributed by atoms with Crippen molar-refractivity contribution in [1.29, 1.82) is 0 Å². The molecule has 0 aliphatic carbocycles. The molecular weight excluding hydrogens is 496 g/mol. The third kappa shape index (κ3) is 8.69. The maximum Gasteiger partial charge on any atom is 0.298 e. The molecule has 5 aromatic rings. The highest BCUT2D eigenvalue weighted by atomic mass is 16.6. The van der Waals surface area contributed by atoms with Gasteiger partial charge in [0.1, 0.15) is 11.5 Å². The Labute approximate surface area is 237 Å². The van der Waals surface area contributed by atoms with Gasteiger partial charge in [-0.1, -0.05) is 97.1 Å². The highest BCUT2D eigenvalue weighted by Crippen LogP contribution is 2.26. The lowest BCUT2D eigenvalue weighted by molar-refractivity contribution is -0.120. The van der Waals surface area contributed by atoms with Crippen LogP contribution < -0.4 is 9.47 Å². The first kappa shape index (κ1) is 29.9. The molecule has 5 rings (SSSR count). The molecule has 0 aliphatic heterocycles. The van der Waals surface area contributed by atoms with Crippen LogP contribution in [0.15, 0.2) is 121 Å². The van der Waals surface area contributed by atoms with Gasteiger partial charge in [-0.2, -0.15) is 0 Å². The van der Waals surface area contributed by atoms with E-state index in [4.69, 9.17) is 9.84 Å². The van der Waals surface area contributed by atoms with Crippen LogP contribution >= 0.6 is 0 Å². The summed E-state index contributed by atoms with van der Waals surface area (Å²) in [6.45, 7) is 8.60. The second kappa shape index (κ2) is 15.7. The quantitative estimate of drug-likeness (QED) is 0.176. The molecule has 4 nitrogen and oxygen atoms in total. The monoisotopic (exact) mass is 532 g/mol. The van der Waals surface area contributed by atoms with Crippen molar-refractivity contribution in [2.45, 2.75) is 27.7 Å². The number of hydrogen-bond donors (Lipinski definition) is 1. The predicted molar refractivity (Wildman–Crippen MR) is 164 cm³/mol. The normalized spacial score (nSPS) is 9.82. The Morgan fingerprint density at radius 3 is 1.07 bits per heavy atom. The van der Waals surface area contributed by atoms with E-state index in [9.17, 15) is 4.79 Å². The summed E-state index contributed by atoms with van der Waals surface area (Å²) in [5, 5.41) is 8.38. The zero-order valence-electron chi connectivity index (χ0n) is 23.5. The highest BCUT2D eigenvalue weighted by molar-refractivity contribution is 5.71. The first-order chi connectivity index (χ1) is 19.4. The van der Waals surface area contributed by atoms with Gasteiger partial charge in [0.25, 0.3) is 6.47 Å². The average Bonchev–Trinajstić information content (AvgIpc) is 2.97. The Bertz CT molecular complexity index is 1320. The smallest absolute Gasteiger partial charge is 0.298 e. The van der Waals surface area contributed by atoms with Gasteiger partial charge in [0.2, 0.25) is 0 Å². The Hall–Kier alpha value is -4.67. The van der Waals surface area contributed by atoms with E-state index in [1.165, 1.54) is 44.5 Å². The lowest BCUT2D eigenvalue weighted by atomic mass is 9.97. The predicted octanol–water partition coefficient (Wildman–Crippen LogP) is 8.49. The Morgan fingerprint density at radius 1 is 0.500 bits per heavy atom. The van der Waals surface area contributed by atoms with Crippen molar-refractivity contribution in [1.82, 2.24) is 0 Å². The molecule has 0 aliphatic rings. The molecule has 0 spiro atoms. The minimum atomic E-state index is -0.367. The zero-order chi connectivity index (χ0) is 28.7. The Morgan fingerprint density at radius 2 is 0.800 bits per heavy atom. The van der Waals surface area contributed by atoms with Crippen LogP contribution in [0.3, 0.4) is 0 Å². The van der Waals surface area contributed by atoms with Crippen molar-refractivity contribution >= 4 is 6.47 Å². The summed E-state index contributed by atoms with van der Waals surface area (Å²) in [7, 11) is 0. The number of rotatable bonds is 6. The molecule has 0 heterocycles. The first-order valence-electron chi connectivity index (χ1n) is 13.1. The van der Waals surface area contributed by atoms with Crippen molar-refractivity contribution in [2.24, 2.45) is 0 Å². The van der Waals surface area contributed by atoms with E-state index in [2.05, 4.69) is 129 Å². The second-order valence-electron chi connectivity index (χ2n) is 9.22. The maximum atomic E-state index is 9.89. The third-order valence-electron chi connectivity index (χ3n) is 6.40. The summed E-state index contributed by atoms with van der Waals surface area (Å²) >= 11 is 0. The summed E-state index contributed by atoms with van der Waals surface area (Å²) in [6.07, 6.45) is 0. The van der Waals surface area contributed by atoms with Gasteiger partial charge >= 0.3 is 0 Å². The van der Waals surface area contributed by atoms with E-state index in [1.54, 1.807) is 24.3 Å².